The van der Waals surface area contributed by atoms with Gasteiger partial charge in [0.05, 0.1) is 38.3 Å². The second-order valence-electron chi connectivity index (χ2n) is 9.25. The van der Waals surface area contributed by atoms with Gasteiger partial charge in [-0.25, -0.2) is 8.78 Å². The van der Waals surface area contributed by atoms with Gasteiger partial charge >= 0.3 is 5.97 Å². The highest BCUT2D eigenvalue weighted by Gasteiger charge is 2.35. The summed E-state index contributed by atoms with van der Waals surface area (Å²) in [6.07, 6.45) is 2.85. The number of piperidine rings is 1. The first-order valence-electron chi connectivity index (χ1n) is 12.2. The molecule has 1 fully saturated rings. The van der Waals surface area contributed by atoms with Crippen LogP contribution in [0.2, 0.25) is 0 Å². The van der Waals surface area contributed by atoms with Crippen molar-refractivity contribution in [2.75, 3.05) is 33.9 Å². The minimum Gasteiger partial charge on any atom is -0.497 e. The minimum atomic E-state index is -0.716. The Labute approximate surface area is 215 Å². The molecule has 1 N–H and O–H groups in total. The van der Waals surface area contributed by atoms with Crippen LogP contribution in [-0.2, 0) is 9.53 Å². The standard InChI is InChI=1S/C29H30F2N2O4/c1-36-23-6-7-27-25(17-23)24(9-11-32-27)28(34)8-5-20-10-13-33(18-26(20)29(35)37-2)12-3-4-19-14-21(30)16-22(31)15-19/h6-7,9,11,14-17,20,26,28,34H,5,8,10,12-13,18H2,1-2H3/t20-,26+,28?/m1/s1. The van der Waals surface area contributed by atoms with Gasteiger partial charge in [-0.1, -0.05) is 11.8 Å². The fraction of sp³-hybridized carbons (Fsp3) is 0.379. The second kappa shape index (κ2) is 12.1. The maximum Gasteiger partial charge on any atom is 0.310 e. The maximum atomic E-state index is 13.4. The number of likely N-dealkylation sites (tertiary alicyclic amines) is 1. The van der Waals surface area contributed by atoms with Crippen LogP contribution in [0.3, 0.4) is 0 Å². The van der Waals surface area contributed by atoms with E-state index in [1.54, 1.807) is 13.3 Å². The van der Waals surface area contributed by atoms with Crippen molar-refractivity contribution in [3.8, 4) is 17.6 Å². The van der Waals surface area contributed by atoms with Crippen LogP contribution in [0.15, 0.2) is 48.7 Å². The summed E-state index contributed by atoms with van der Waals surface area (Å²) in [6, 6.07) is 10.6. The summed E-state index contributed by atoms with van der Waals surface area (Å²) >= 11 is 0. The Hall–Kier alpha value is -3.54. The van der Waals surface area contributed by atoms with Gasteiger partial charge in [-0.05, 0) is 73.7 Å². The smallest absolute Gasteiger partial charge is 0.310 e. The number of pyridine rings is 1. The van der Waals surface area contributed by atoms with Crippen molar-refractivity contribution in [3.05, 3.63) is 71.4 Å². The Morgan fingerprint density at radius 2 is 1.97 bits per heavy atom. The van der Waals surface area contributed by atoms with E-state index in [2.05, 4.69) is 16.8 Å². The minimum absolute atomic E-state index is 0.0475. The van der Waals surface area contributed by atoms with Crippen LogP contribution in [0.4, 0.5) is 8.78 Å². The van der Waals surface area contributed by atoms with E-state index in [4.69, 9.17) is 9.47 Å². The van der Waals surface area contributed by atoms with Crippen LogP contribution >= 0.6 is 0 Å². The Kier molecular flexibility index (Phi) is 8.70. The Bertz CT molecular complexity index is 1300. The molecule has 1 aliphatic heterocycles. The number of esters is 1. The number of aliphatic hydroxyl groups is 1. The lowest BCUT2D eigenvalue weighted by Crippen LogP contribution is -2.44. The third kappa shape index (κ3) is 6.62. The number of hydrogen-bond acceptors (Lipinski definition) is 6. The Balaban J connectivity index is 1.40. The van der Waals surface area contributed by atoms with Crippen molar-refractivity contribution in [3.63, 3.8) is 0 Å². The predicted molar refractivity (Wildman–Crippen MR) is 136 cm³/mol. The number of ether oxygens (including phenoxy) is 2. The molecule has 8 heteroatoms. The monoisotopic (exact) mass is 508 g/mol. The zero-order valence-corrected chi connectivity index (χ0v) is 20.9. The Morgan fingerprint density at radius 1 is 1.19 bits per heavy atom. The third-order valence-electron chi connectivity index (χ3n) is 6.89. The highest BCUT2D eigenvalue weighted by atomic mass is 19.1. The number of fused-ring (bicyclic) bond motifs is 1. The largest absolute Gasteiger partial charge is 0.497 e. The zero-order valence-electron chi connectivity index (χ0n) is 20.9. The first-order valence-corrected chi connectivity index (χ1v) is 12.2. The molecule has 37 heavy (non-hydrogen) atoms. The van der Waals surface area contributed by atoms with Crippen molar-refractivity contribution < 1.29 is 28.2 Å². The molecule has 2 heterocycles. The fourth-order valence-electron chi connectivity index (χ4n) is 4.95. The molecule has 0 aliphatic carbocycles. The van der Waals surface area contributed by atoms with Crippen LogP contribution in [-0.4, -0.2) is 54.8 Å². The number of nitrogens with zero attached hydrogens (tertiary/aromatic N) is 2. The van der Waals surface area contributed by atoms with E-state index in [9.17, 15) is 18.7 Å². The number of benzene rings is 2. The lowest BCUT2D eigenvalue weighted by atomic mass is 9.81. The summed E-state index contributed by atoms with van der Waals surface area (Å²) in [7, 11) is 2.97. The first-order chi connectivity index (χ1) is 17.9. The first kappa shape index (κ1) is 26.5. The molecule has 3 aromatic rings. The molecule has 0 amide bonds. The topological polar surface area (TPSA) is 71.9 Å². The van der Waals surface area contributed by atoms with Crippen LogP contribution in [0.5, 0.6) is 5.75 Å². The summed E-state index contributed by atoms with van der Waals surface area (Å²) in [6.45, 7) is 1.55. The molecular formula is C29H30F2N2O4. The van der Waals surface area contributed by atoms with Crippen LogP contribution in [0.25, 0.3) is 10.9 Å². The molecule has 0 spiro atoms. The molecular weight excluding hydrogens is 478 g/mol. The summed E-state index contributed by atoms with van der Waals surface area (Å²) < 4.78 is 37.2. The van der Waals surface area contributed by atoms with E-state index in [1.807, 2.05) is 29.2 Å². The SMILES string of the molecule is COC(=O)[C@H]1CN(CC#Cc2cc(F)cc(F)c2)CC[C@H]1CCC(O)c1ccnc2ccc(OC)cc12. The van der Waals surface area contributed by atoms with Crippen molar-refractivity contribution >= 4 is 16.9 Å². The fourth-order valence-corrected chi connectivity index (χ4v) is 4.95. The van der Waals surface area contributed by atoms with Crippen molar-refractivity contribution in [1.82, 2.24) is 9.88 Å². The molecule has 3 atom stereocenters. The highest BCUT2D eigenvalue weighted by molar-refractivity contribution is 5.83. The number of aromatic nitrogens is 1. The highest BCUT2D eigenvalue weighted by Crippen LogP contribution is 2.34. The molecule has 194 valence electrons. The van der Waals surface area contributed by atoms with Crippen LogP contribution in [0, 0.1) is 35.3 Å². The van der Waals surface area contributed by atoms with E-state index in [-0.39, 0.29) is 23.4 Å². The summed E-state index contributed by atoms with van der Waals surface area (Å²) in [4.78, 5) is 19.0. The maximum absolute atomic E-state index is 13.4. The molecule has 0 saturated carbocycles. The number of carbonyl (C=O) groups excluding carboxylic acids is 1. The molecule has 0 radical (unpaired) electrons. The van der Waals surface area contributed by atoms with Crippen molar-refractivity contribution in [2.45, 2.75) is 25.4 Å². The molecule has 1 aliphatic rings. The van der Waals surface area contributed by atoms with Crippen LogP contribution in [0.1, 0.15) is 36.5 Å². The van der Waals surface area contributed by atoms with Gasteiger partial charge in [-0.15, -0.1) is 0 Å². The third-order valence-corrected chi connectivity index (χ3v) is 6.89. The number of halogens is 2. The second-order valence-corrected chi connectivity index (χ2v) is 9.25. The summed E-state index contributed by atoms with van der Waals surface area (Å²) in [5.74, 6) is 4.50. The van der Waals surface area contributed by atoms with Gasteiger partial charge in [0.1, 0.15) is 17.4 Å². The number of aliphatic hydroxyl groups excluding tert-OH is 1. The molecule has 6 nitrogen and oxygen atoms in total. The zero-order chi connectivity index (χ0) is 26.4. The van der Waals surface area contributed by atoms with E-state index in [0.717, 1.165) is 35.5 Å². The molecule has 1 unspecified atom stereocenters. The lowest BCUT2D eigenvalue weighted by Gasteiger charge is -2.36. The Morgan fingerprint density at radius 3 is 2.70 bits per heavy atom. The average Bonchev–Trinajstić information content (AvgIpc) is 2.90. The normalized spacial score (nSPS) is 18.6. The number of rotatable bonds is 7. The van der Waals surface area contributed by atoms with Crippen molar-refractivity contribution in [2.24, 2.45) is 11.8 Å². The van der Waals surface area contributed by atoms with Gasteiger partial charge in [0.25, 0.3) is 0 Å². The predicted octanol–water partition coefficient (Wildman–Crippen LogP) is 4.50. The van der Waals surface area contributed by atoms with Crippen LogP contribution < -0.4 is 4.74 Å². The molecule has 1 aromatic heterocycles. The van der Waals surface area contributed by atoms with E-state index in [1.165, 1.54) is 19.2 Å². The molecule has 2 aromatic carbocycles. The van der Waals surface area contributed by atoms with E-state index >= 15 is 0 Å². The molecule has 1 saturated heterocycles. The van der Waals surface area contributed by atoms with E-state index < -0.39 is 17.7 Å². The summed E-state index contributed by atoms with van der Waals surface area (Å²) in [5.41, 5.74) is 1.83. The van der Waals surface area contributed by atoms with E-state index in [0.29, 0.717) is 31.7 Å². The lowest BCUT2D eigenvalue weighted by molar-refractivity contribution is -0.150. The van der Waals surface area contributed by atoms with Gasteiger partial charge in [0.15, 0.2) is 0 Å². The average molecular weight is 509 g/mol. The number of hydrogen-bond donors (Lipinski definition) is 1. The van der Waals surface area contributed by atoms with Crippen molar-refractivity contribution in [1.29, 1.82) is 0 Å². The number of carbonyl (C=O) groups is 1. The number of methoxy groups -OCH3 is 2. The summed E-state index contributed by atoms with van der Waals surface area (Å²) in [5, 5.41) is 11.9. The van der Waals surface area contributed by atoms with Gasteiger partial charge in [-0.3, -0.25) is 14.7 Å². The van der Waals surface area contributed by atoms with Gasteiger partial charge in [-0.2, -0.15) is 0 Å². The molecule has 0 bridgehead atoms. The molecule has 4 rings (SSSR count). The van der Waals surface area contributed by atoms with Gasteiger partial charge in [0.2, 0.25) is 0 Å². The quantitative estimate of drug-likeness (QED) is 0.374. The van der Waals surface area contributed by atoms with Gasteiger partial charge < -0.3 is 14.6 Å². The van der Waals surface area contributed by atoms with Gasteiger partial charge in [0, 0.05) is 29.8 Å².